The minimum atomic E-state index is -0.0404. The van der Waals surface area contributed by atoms with Crippen molar-refractivity contribution in [2.24, 2.45) is 5.73 Å². The Balaban J connectivity index is 2.19. The maximum absolute atomic E-state index is 7.55. The molecule has 0 unspecified atom stereocenters. The molecule has 1 saturated carbocycles. The van der Waals surface area contributed by atoms with Crippen LogP contribution >= 0.6 is 11.6 Å². The maximum Gasteiger partial charge on any atom is 0.132 e. The Morgan fingerprint density at radius 1 is 1.29 bits per heavy atom. The van der Waals surface area contributed by atoms with E-state index in [0.717, 1.165) is 12.8 Å². The Bertz CT molecular complexity index is 414. The second kappa shape index (κ2) is 5.41. The van der Waals surface area contributed by atoms with Crippen LogP contribution in [0.5, 0.6) is 5.75 Å². The number of ether oxygens (including phenoxy) is 1. The SMILES string of the molecule is N=C(N)c1c(Cl)cccc1OC1CCCCC1. The monoisotopic (exact) mass is 252 g/mol. The first-order valence-corrected chi connectivity index (χ1v) is 6.36. The molecule has 0 aromatic heterocycles. The molecular formula is C13H17ClN2O. The van der Waals surface area contributed by atoms with Crippen molar-refractivity contribution in [2.75, 3.05) is 0 Å². The maximum atomic E-state index is 7.55. The molecule has 1 aromatic carbocycles. The van der Waals surface area contributed by atoms with E-state index < -0.39 is 0 Å². The van der Waals surface area contributed by atoms with Gasteiger partial charge in [0.05, 0.1) is 16.7 Å². The molecule has 0 aliphatic heterocycles. The molecule has 0 heterocycles. The van der Waals surface area contributed by atoms with Gasteiger partial charge in [0, 0.05) is 0 Å². The molecule has 0 saturated heterocycles. The largest absolute Gasteiger partial charge is 0.490 e. The predicted molar refractivity (Wildman–Crippen MR) is 70.0 cm³/mol. The van der Waals surface area contributed by atoms with E-state index in [1.807, 2.05) is 12.1 Å². The van der Waals surface area contributed by atoms with E-state index in [0.29, 0.717) is 16.3 Å². The number of nitrogen functional groups attached to an aromatic ring is 1. The van der Waals surface area contributed by atoms with Crippen LogP contribution in [0.2, 0.25) is 5.02 Å². The Labute approximate surface area is 106 Å². The molecule has 92 valence electrons. The summed E-state index contributed by atoms with van der Waals surface area (Å²) in [4.78, 5) is 0. The summed E-state index contributed by atoms with van der Waals surface area (Å²) in [5.41, 5.74) is 6.05. The number of hydrogen-bond acceptors (Lipinski definition) is 2. The third kappa shape index (κ3) is 2.91. The fraction of sp³-hybridized carbons (Fsp3) is 0.462. The van der Waals surface area contributed by atoms with Crippen LogP contribution in [0, 0.1) is 5.41 Å². The zero-order valence-corrected chi connectivity index (χ0v) is 10.5. The minimum absolute atomic E-state index is 0.0404. The number of nitrogens with one attached hydrogen (secondary N) is 1. The van der Waals surface area contributed by atoms with Crippen LogP contribution in [0.25, 0.3) is 0 Å². The molecule has 0 amide bonds. The zero-order valence-electron chi connectivity index (χ0n) is 9.71. The Morgan fingerprint density at radius 2 is 2.00 bits per heavy atom. The van der Waals surface area contributed by atoms with Crippen molar-refractivity contribution >= 4 is 17.4 Å². The van der Waals surface area contributed by atoms with Crippen molar-refractivity contribution in [1.82, 2.24) is 0 Å². The minimum Gasteiger partial charge on any atom is -0.490 e. The number of benzene rings is 1. The first-order chi connectivity index (χ1) is 8.18. The average molecular weight is 253 g/mol. The molecule has 1 aromatic rings. The van der Waals surface area contributed by atoms with E-state index in [9.17, 15) is 0 Å². The number of nitrogens with two attached hydrogens (primary N) is 1. The van der Waals surface area contributed by atoms with E-state index in [4.69, 9.17) is 27.5 Å². The molecule has 0 radical (unpaired) electrons. The van der Waals surface area contributed by atoms with E-state index in [1.165, 1.54) is 19.3 Å². The van der Waals surface area contributed by atoms with Gasteiger partial charge in [-0.25, -0.2) is 0 Å². The summed E-state index contributed by atoms with van der Waals surface area (Å²) in [6.07, 6.45) is 6.09. The van der Waals surface area contributed by atoms with Gasteiger partial charge in [-0.15, -0.1) is 0 Å². The van der Waals surface area contributed by atoms with Crippen molar-refractivity contribution in [3.63, 3.8) is 0 Å². The van der Waals surface area contributed by atoms with Crippen LogP contribution < -0.4 is 10.5 Å². The normalized spacial score (nSPS) is 16.8. The fourth-order valence-electron chi connectivity index (χ4n) is 2.23. The second-order valence-corrected chi connectivity index (χ2v) is 4.81. The molecule has 1 aliphatic carbocycles. The van der Waals surface area contributed by atoms with Crippen molar-refractivity contribution < 1.29 is 4.74 Å². The highest BCUT2D eigenvalue weighted by atomic mass is 35.5. The van der Waals surface area contributed by atoms with Gasteiger partial charge < -0.3 is 10.5 Å². The lowest BCUT2D eigenvalue weighted by Crippen LogP contribution is -2.22. The molecule has 0 spiro atoms. The molecule has 3 N–H and O–H groups in total. The summed E-state index contributed by atoms with van der Waals surface area (Å²) < 4.78 is 5.92. The third-order valence-corrected chi connectivity index (χ3v) is 3.41. The lowest BCUT2D eigenvalue weighted by molar-refractivity contribution is 0.154. The van der Waals surface area contributed by atoms with Gasteiger partial charge >= 0.3 is 0 Å². The number of rotatable bonds is 3. The second-order valence-electron chi connectivity index (χ2n) is 4.40. The highest BCUT2D eigenvalue weighted by Crippen LogP contribution is 2.29. The summed E-state index contributed by atoms with van der Waals surface area (Å²) in [7, 11) is 0. The Morgan fingerprint density at radius 3 is 2.65 bits per heavy atom. The van der Waals surface area contributed by atoms with E-state index in [2.05, 4.69) is 0 Å². The average Bonchev–Trinajstić information content (AvgIpc) is 2.30. The van der Waals surface area contributed by atoms with Crippen molar-refractivity contribution in [2.45, 2.75) is 38.2 Å². The van der Waals surface area contributed by atoms with Crippen LogP contribution in [-0.4, -0.2) is 11.9 Å². The van der Waals surface area contributed by atoms with Crippen molar-refractivity contribution in [3.8, 4) is 5.75 Å². The van der Waals surface area contributed by atoms with Gasteiger partial charge in [0.25, 0.3) is 0 Å². The van der Waals surface area contributed by atoms with Gasteiger partial charge in [-0.2, -0.15) is 0 Å². The van der Waals surface area contributed by atoms with Gasteiger partial charge in [-0.1, -0.05) is 24.1 Å². The standard InChI is InChI=1S/C13H17ClN2O/c14-10-7-4-8-11(12(10)13(15)16)17-9-5-2-1-3-6-9/h4,7-9H,1-3,5-6H2,(H3,15,16). The van der Waals surface area contributed by atoms with Gasteiger partial charge in [-0.05, 0) is 37.8 Å². The van der Waals surface area contributed by atoms with Crippen LogP contribution in [0.4, 0.5) is 0 Å². The summed E-state index contributed by atoms with van der Waals surface area (Å²) in [6, 6.07) is 5.39. The molecule has 2 rings (SSSR count). The molecular weight excluding hydrogens is 236 g/mol. The number of halogens is 1. The predicted octanol–water partition coefficient (Wildman–Crippen LogP) is 3.34. The van der Waals surface area contributed by atoms with E-state index in [1.54, 1.807) is 6.07 Å². The molecule has 1 fully saturated rings. The first kappa shape index (κ1) is 12.2. The molecule has 0 atom stereocenters. The van der Waals surface area contributed by atoms with Crippen LogP contribution in [0.15, 0.2) is 18.2 Å². The fourth-order valence-corrected chi connectivity index (χ4v) is 2.49. The summed E-state index contributed by atoms with van der Waals surface area (Å²) in [5, 5.41) is 8.03. The molecule has 0 bridgehead atoms. The molecule has 3 nitrogen and oxygen atoms in total. The molecule has 17 heavy (non-hydrogen) atoms. The summed E-state index contributed by atoms with van der Waals surface area (Å²) in [5.74, 6) is 0.596. The lowest BCUT2D eigenvalue weighted by Gasteiger charge is -2.24. The van der Waals surface area contributed by atoms with Crippen LogP contribution in [0.3, 0.4) is 0 Å². The highest BCUT2D eigenvalue weighted by Gasteiger charge is 2.18. The van der Waals surface area contributed by atoms with Crippen LogP contribution in [-0.2, 0) is 0 Å². The Hall–Kier alpha value is -1.22. The number of hydrogen-bond donors (Lipinski definition) is 2. The Kier molecular flexibility index (Phi) is 3.89. The van der Waals surface area contributed by atoms with E-state index in [-0.39, 0.29) is 11.9 Å². The molecule has 4 heteroatoms. The molecule has 1 aliphatic rings. The van der Waals surface area contributed by atoms with E-state index >= 15 is 0 Å². The first-order valence-electron chi connectivity index (χ1n) is 5.98. The summed E-state index contributed by atoms with van der Waals surface area (Å²) in [6.45, 7) is 0. The van der Waals surface area contributed by atoms with Gasteiger partial charge in [0.2, 0.25) is 0 Å². The van der Waals surface area contributed by atoms with Gasteiger partial charge in [0.15, 0.2) is 0 Å². The highest BCUT2D eigenvalue weighted by molar-refractivity contribution is 6.34. The van der Waals surface area contributed by atoms with Crippen molar-refractivity contribution in [1.29, 1.82) is 5.41 Å². The zero-order chi connectivity index (χ0) is 12.3. The summed E-state index contributed by atoms with van der Waals surface area (Å²) >= 11 is 6.04. The van der Waals surface area contributed by atoms with Crippen LogP contribution in [0.1, 0.15) is 37.7 Å². The third-order valence-electron chi connectivity index (χ3n) is 3.09. The quantitative estimate of drug-likeness (QED) is 0.640. The number of amidine groups is 1. The lowest BCUT2D eigenvalue weighted by atomic mass is 9.97. The smallest absolute Gasteiger partial charge is 0.132 e. The van der Waals surface area contributed by atoms with Gasteiger partial charge in [0.1, 0.15) is 11.6 Å². The topological polar surface area (TPSA) is 59.1 Å². The van der Waals surface area contributed by atoms with Crippen molar-refractivity contribution in [3.05, 3.63) is 28.8 Å². The van der Waals surface area contributed by atoms with Gasteiger partial charge in [-0.3, -0.25) is 5.41 Å².